The van der Waals surface area contributed by atoms with Crippen molar-refractivity contribution in [1.82, 2.24) is 0 Å². The topological polar surface area (TPSA) is 9.23 Å². The highest BCUT2D eigenvalue weighted by atomic mass is 16.5. The molecular weight excluding hydrogens is 244 g/mol. The van der Waals surface area contributed by atoms with E-state index in [0.29, 0.717) is 11.8 Å². The molecule has 2 aromatic carbocycles. The molecule has 0 fully saturated rings. The lowest BCUT2D eigenvalue weighted by molar-refractivity contribution is 0.341. The molecule has 1 aliphatic rings. The maximum absolute atomic E-state index is 5.95. The Balaban J connectivity index is 1.97. The molecule has 0 aliphatic carbocycles. The van der Waals surface area contributed by atoms with Crippen molar-refractivity contribution >= 4 is 0 Å². The van der Waals surface area contributed by atoms with Crippen LogP contribution in [-0.4, -0.2) is 6.61 Å². The van der Waals surface area contributed by atoms with Gasteiger partial charge in [0.05, 0.1) is 6.61 Å². The van der Waals surface area contributed by atoms with E-state index < -0.39 is 0 Å². The van der Waals surface area contributed by atoms with Crippen LogP contribution in [0.5, 0.6) is 5.75 Å². The van der Waals surface area contributed by atoms with Gasteiger partial charge in [0, 0.05) is 11.5 Å². The summed E-state index contributed by atoms with van der Waals surface area (Å²) in [5.74, 6) is 2.06. The summed E-state index contributed by atoms with van der Waals surface area (Å²) in [7, 11) is 0. The zero-order valence-corrected chi connectivity index (χ0v) is 12.7. The van der Waals surface area contributed by atoms with Crippen LogP contribution < -0.4 is 4.74 Å². The van der Waals surface area contributed by atoms with Crippen molar-refractivity contribution in [2.24, 2.45) is 0 Å². The highest BCUT2D eigenvalue weighted by Gasteiger charge is 2.27. The fourth-order valence-corrected chi connectivity index (χ4v) is 2.92. The van der Waals surface area contributed by atoms with Gasteiger partial charge >= 0.3 is 0 Å². The number of aryl methyl sites for hydroxylation is 1. The van der Waals surface area contributed by atoms with Crippen LogP contribution in [0.1, 0.15) is 53.5 Å². The van der Waals surface area contributed by atoms with Crippen LogP contribution in [0.4, 0.5) is 0 Å². The molecule has 20 heavy (non-hydrogen) atoms. The quantitative estimate of drug-likeness (QED) is 0.747. The van der Waals surface area contributed by atoms with Crippen molar-refractivity contribution in [2.75, 3.05) is 6.61 Å². The lowest BCUT2D eigenvalue weighted by Crippen LogP contribution is -2.02. The number of fused-ring (bicyclic) bond motifs is 1. The molecule has 0 aromatic heterocycles. The first-order chi connectivity index (χ1) is 9.58. The van der Waals surface area contributed by atoms with Gasteiger partial charge in [0.1, 0.15) is 5.75 Å². The molecule has 1 heteroatoms. The minimum absolute atomic E-state index is 0.380. The van der Waals surface area contributed by atoms with E-state index in [0.717, 1.165) is 12.4 Å². The van der Waals surface area contributed by atoms with Gasteiger partial charge in [0.25, 0.3) is 0 Å². The van der Waals surface area contributed by atoms with Gasteiger partial charge in [-0.25, -0.2) is 0 Å². The van der Waals surface area contributed by atoms with Crippen molar-refractivity contribution in [2.45, 2.75) is 39.5 Å². The van der Waals surface area contributed by atoms with Crippen LogP contribution in [0.15, 0.2) is 36.4 Å². The molecule has 0 saturated heterocycles. The van der Waals surface area contributed by atoms with E-state index >= 15 is 0 Å². The van der Waals surface area contributed by atoms with Gasteiger partial charge < -0.3 is 4.74 Å². The smallest absolute Gasteiger partial charge is 0.126 e. The summed E-state index contributed by atoms with van der Waals surface area (Å²) in [5.41, 5.74) is 6.68. The summed E-state index contributed by atoms with van der Waals surface area (Å²) >= 11 is 0. The molecule has 2 aromatic rings. The Morgan fingerprint density at radius 1 is 1.00 bits per heavy atom. The summed E-state index contributed by atoms with van der Waals surface area (Å²) in [6.45, 7) is 9.52. The van der Waals surface area contributed by atoms with Gasteiger partial charge in [0.15, 0.2) is 0 Å². The summed E-state index contributed by atoms with van der Waals surface area (Å²) in [4.78, 5) is 0. The number of rotatable bonds is 2. The highest BCUT2D eigenvalue weighted by Crippen LogP contribution is 2.41. The van der Waals surface area contributed by atoms with Crippen LogP contribution in [0.3, 0.4) is 0 Å². The largest absolute Gasteiger partial charge is 0.492 e. The van der Waals surface area contributed by atoms with Crippen LogP contribution in [0.25, 0.3) is 0 Å². The Morgan fingerprint density at radius 2 is 1.70 bits per heavy atom. The first-order valence-corrected chi connectivity index (χ1v) is 7.40. The summed E-state index contributed by atoms with van der Waals surface area (Å²) in [5, 5.41) is 0. The highest BCUT2D eigenvalue weighted by molar-refractivity contribution is 5.52. The number of hydrogen-bond acceptors (Lipinski definition) is 1. The number of ether oxygens (including phenoxy) is 1. The normalized spacial score (nSPS) is 17.1. The molecular formula is C19H22O. The maximum Gasteiger partial charge on any atom is 0.126 e. The van der Waals surface area contributed by atoms with Crippen molar-refractivity contribution in [3.8, 4) is 5.75 Å². The van der Waals surface area contributed by atoms with Crippen LogP contribution in [0.2, 0.25) is 0 Å². The third-order valence-corrected chi connectivity index (χ3v) is 4.48. The fraction of sp³-hybridized carbons (Fsp3) is 0.368. The van der Waals surface area contributed by atoms with E-state index in [1.54, 1.807) is 0 Å². The second kappa shape index (κ2) is 4.97. The average molecular weight is 266 g/mol. The molecule has 3 rings (SSSR count). The fourth-order valence-electron chi connectivity index (χ4n) is 2.92. The van der Waals surface area contributed by atoms with E-state index in [1.165, 1.54) is 27.8 Å². The Morgan fingerprint density at radius 3 is 2.35 bits per heavy atom. The molecule has 0 radical (unpaired) electrons. The van der Waals surface area contributed by atoms with E-state index in [-0.39, 0.29) is 0 Å². The lowest BCUT2D eigenvalue weighted by Gasteiger charge is -2.12. The SMILES string of the molecule is Cc1ccc2c(c1C)OCC2c1ccc(C(C)C)cc1. The van der Waals surface area contributed by atoms with E-state index in [9.17, 15) is 0 Å². The van der Waals surface area contributed by atoms with Crippen molar-refractivity contribution in [3.05, 3.63) is 64.2 Å². The molecule has 104 valence electrons. The van der Waals surface area contributed by atoms with Crippen LogP contribution in [0, 0.1) is 13.8 Å². The lowest BCUT2D eigenvalue weighted by atomic mass is 9.90. The maximum atomic E-state index is 5.95. The monoisotopic (exact) mass is 266 g/mol. The zero-order chi connectivity index (χ0) is 14.3. The molecule has 1 aliphatic heterocycles. The predicted octanol–water partition coefficient (Wildman–Crippen LogP) is 4.95. The number of benzene rings is 2. The van der Waals surface area contributed by atoms with E-state index in [4.69, 9.17) is 4.74 Å². The molecule has 0 spiro atoms. The Labute approximate surface area is 121 Å². The van der Waals surface area contributed by atoms with Crippen molar-refractivity contribution in [3.63, 3.8) is 0 Å². The summed E-state index contributed by atoms with van der Waals surface area (Å²) in [6, 6.07) is 13.4. The molecule has 1 heterocycles. The van der Waals surface area contributed by atoms with Crippen molar-refractivity contribution in [1.29, 1.82) is 0 Å². The second-order valence-electron chi connectivity index (χ2n) is 6.11. The van der Waals surface area contributed by atoms with Gasteiger partial charge in [0.2, 0.25) is 0 Å². The zero-order valence-electron chi connectivity index (χ0n) is 12.7. The van der Waals surface area contributed by atoms with Gasteiger partial charge in [-0.05, 0) is 42.0 Å². The first-order valence-electron chi connectivity index (χ1n) is 7.40. The van der Waals surface area contributed by atoms with Gasteiger partial charge in [-0.2, -0.15) is 0 Å². The van der Waals surface area contributed by atoms with Crippen LogP contribution >= 0.6 is 0 Å². The van der Waals surface area contributed by atoms with Gasteiger partial charge in [-0.15, -0.1) is 0 Å². The predicted molar refractivity (Wildman–Crippen MR) is 83.8 cm³/mol. The summed E-state index contributed by atoms with van der Waals surface area (Å²) in [6.07, 6.45) is 0. The minimum atomic E-state index is 0.380. The third-order valence-electron chi connectivity index (χ3n) is 4.48. The molecule has 0 N–H and O–H groups in total. The third kappa shape index (κ3) is 2.11. The molecule has 0 saturated carbocycles. The Hall–Kier alpha value is -1.76. The molecule has 1 unspecified atom stereocenters. The Kier molecular flexibility index (Phi) is 3.29. The standard InChI is InChI=1S/C19H22O/c1-12(2)15-6-8-16(9-7-15)18-11-20-19-14(4)13(3)5-10-17(18)19/h5-10,12,18H,11H2,1-4H3. The van der Waals surface area contributed by atoms with E-state index in [1.807, 2.05) is 0 Å². The molecule has 1 atom stereocenters. The second-order valence-corrected chi connectivity index (χ2v) is 6.11. The molecule has 0 bridgehead atoms. The average Bonchev–Trinajstić information content (AvgIpc) is 2.87. The Bertz CT molecular complexity index is 623. The van der Waals surface area contributed by atoms with Gasteiger partial charge in [-0.3, -0.25) is 0 Å². The summed E-state index contributed by atoms with van der Waals surface area (Å²) < 4.78 is 5.95. The minimum Gasteiger partial charge on any atom is -0.492 e. The van der Waals surface area contributed by atoms with E-state index in [2.05, 4.69) is 64.1 Å². The molecule has 0 amide bonds. The number of hydrogen-bond donors (Lipinski definition) is 0. The molecule has 1 nitrogen and oxygen atoms in total. The van der Waals surface area contributed by atoms with Crippen LogP contribution in [-0.2, 0) is 0 Å². The first kappa shape index (κ1) is 13.2. The van der Waals surface area contributed by atoms with Crippen molar-refractivity contribution < 1.29 is 4.74 Å². The van der Waals surface area contributed by atoms with Gasteiger partial charge in [-0.1, -0.05) is 50.2 Å².